The van der Waals surface area contributed by atoms with Gasteiger partial charge in [0.1, 0.15) is 5.75 Å². The van der Waals surface area contributed by atoms with Crippen LogP contribution in [-0.2, 0) is 6.42 Å². The van der Waals surface area contributed by atoms with Gasteiger partial charge in [-0.1, -0.05) is 42.6 Å². The Bertz CT molecular complexity index is 348. The summed E-state index contributed by atoms with van der Waals surface area (Å²) in [5.41, 5.74) is 1.06. The Hall–Kier alpha value is -0.540. The molecule has 0 saturated carbocycles. The lowest BCUT2D eigenvalue weighted by Gasteiger charge is -2.21. The monoisotopic (exact) mass is 300 g/mol. The van der Waals surface area contributed by atoms with E-state index in [1.54, 1.807) is 7.11 Å². The maximum absolute atomic E-state index is 10.2. The van der Waals surface area contributed by atoms with E-state index in [0.717, 1.165) is 28.6 Å². The van der Waals surface area contributed by atoms with E-state index in [9.17, 15) is 5.11 Å². The molecule has 1 unspecified atom stereocenters. The molecule has 17 heavy (non-hydrogen) atoms. The van der Waals surface area contributed by atoms with Crippen molar-refractivity contribution >= 4 is 15.9 Å². The third-order valence-electron chi connectivity index (χ3n) is 3.26. The third kappa shape index (κ3) is 4.00. The second kappa shape index (κ2) is 7.02. The number of methoxy groups -OCH3 is 1. The molecule has 3 heteroatoms. The molecule has 0 aromatic heterocycles. The highest BCUT2D eigenvalue weighted by atomic mass is 79.9. The van der Waals surface area contributed by atoms with Gasteiger partial charge in [-0.15, -0.1) is 0 Å². The first-order valence-corrected chi connectivity index (χ1v) is 6.92. The summed E-state index contributed by atoms with van der Waals surface area (Å²) >= 11 is 3.45. The lowest BCUT2D eigenvalue weighted by molar-refractivity contribution is 0.102. The lowest BCUT2D eigenvalue weighted by atomic mass is 9.91. The standard InChI is InChI=1S/C14H21BrO2/c1-4-10(5-2)13(16)9-11-8-12(15)6-7-14(11)17-3/h6-8,10,13,16H,4-5,9H2,1-3H3. The first-order chi connectivity index (χ1) is 8.12. The van der Waals surface area contributed by atoms with Crippen molar-refractivity contribution in [2.45, 2.75) is 39.2 Å². The predicted molar refractivity (Wildman–Crippen MR) is 74.5 cm³/mol. The van der Waals surface area contributed by atoms with Crippen LogP contribution in [0.4, 0.5) is 0 Å². The molecule has 0 saturated heterocycles. The summed E-state index contributed by atoms with van der Waals surface area (Å²) in [6, 6.07) is 5.90. The SMILES string of the molecule is CCC(CC)C(O)Cc1cc(Br)ccc1OC. The van der Waals surface area contributed by atoms with Crippen molar-refractivity contribution in [3.05, 3.63) is 28.2 Å². The van der Waals surface area contributed by atoms with Crippen LogP contribution in [0.25, 0.3) is 0 Å². The van der Waals surface area contributed by atoms with Crippen LogP contribution in [-0.4, -0.2) is 18.3 Å². The van der Waals surface area contributed by atoms with Crippen LogP contribution in [0, 0.1) is 5.92 Å². The average Bonchev–Trinajstić information content (AvgIpc) is 2.31. The van der Waals surface area contributed by atoms with Gasteiger partial charge in [0.2, 0.25) is 0 Å². The van der Waals surface area contributed by atoms with Gasteiger partial charge >= 0.3 is 0 Å². The largest absolute Gasteiger partial charge is 0.496 e. The molecule has 0 aliphatic carbocycles. The summed E-state index contributed by atoms with van der Waals surface area (Å²) in [7, 11) is 1.66. The topological polar surface area (TPSA) is 29.5 Å². The normalized spacial score (nSPS) is 12.8. The minimum absolute atomic E-state index is 0.298. The molecule has 0 amide bonds. The van der Waals surface area contributed by atoms with Crippen LogP contribution in [0.1, 0.15) is 32.3 Å². The molecule has 1 aromatic carbocycles. The Labute approximate surface area is 112 Å². The highest BCUT2D eigenvalue weighted by Gasteiger charge is 2.17. The third-order valence-corrected chi connectivity index (χ3v) is 3.76. The molecule has 96 valence electrons. The number of benzene rings is 1. The Morgan fingerprint density at radius 2 is 1.94 bits per heavy atom. The summed E-state index contributed by atoms with van der Waals surface area (Å²) in [5.74, 6) is 1.21. The highest BCUT2D eigenvalue weighted by Crippen LogP contribution is 2.26. The number of halogens is 1. The summed E-state index contributed by atoms with van der Waals surface area (Å²) in [5, 5.41) is 10.2. The first kappa shape index (κ1) is 14.5. The number of aliphatic hydroxyl groups excluding tert-OH is 1. The van der Waals surface area contributed by atoms with Crippen LogP contribution in [0.5, 0.6) is 5.75 Å². The minimum atomic E-state index is -0.298. The zero-order valence-electron chi connectivity index (χ0n) is 10.7. The number of ether oxygens (including phenoxy) is 1. The Kier molecular flexibility index (Phi) is 6.00. The molecule has 0 heterocycles. The van der Waals surface area contributed by atoms with Crippen molar-refractivity contribution in [2.24, 2.45) is 5.92 Å². The fourth-order valence-corrected chi connectivity index (χ4v) is 2.54. The molecule has 0 fully saturated rings. The first-order valence-electron chi connectivity index (χ1n) is 6.12. The van der Waals surface area contributed by atoms with Gasteiger partial charge in [-0.2, -0.15) is 0 Å². The van der Waals surface area contributed by atoms with Crippen LogP contribution < -0.4 is 4.74 Å². The van der Waals surface area contributed by atoms with Crippen molar-refractivity contribution in [3.63, 3.8) is 0 Å². The van der Waals surface area contributed by atoms with Crippen molar-refractivity contribution < 1.29 is 9.84 Å². The molecular formula is C14H21BrO2. The lowest BCUT2D eigenvalue weighted by Crippen LogP contribution is -2.22. The number of rotatable bonds is 6. The summed E-state index contributed by atoms with van der Waals surface area (Å²) in [6.07, 6.45) is 2.37. The van der Waals surface area contributed by atoms with Gasteiger partial charge in [-0.3, -0.25) is 0 Å². The summed E-state index contributed by atoms with van der Waals surface area (Å²) in [6.45, 7) is 4.24. The van der Waals surface area contributed by atoms with Crippen LogP contribution in [0.15, 0.2) is 22.7 Å². The molecule has 1 atom stereocenters. The Morgan fingerprint density at radius 1 is 1.29 bits per heavy atom. The molecule has 0 bridgehead atoms. The molecule has 1 aromatic rings. The zero-order chi connectivity index (χ0) is 12.8. The summed E-state index contributed by atoms with van der Waals surface area (Å²) < 4.78 is 6.33. The molecule has 1 N–H and O–H groups in total. The molecule has 0 radical (unpaired) electrons. The van der Waals surface area contributed by atoms with Gasteiger partial charge in [0.15, 0.2) is 0 Å². The number of hydrogen-bond acceptors (Lipinski definition) is 2. The maximum Gasteiger partial charge on any atom is 0.122 e. The Morgan fingerprint density at radius 3 is 2.47 bits per heavy atom. The Balaban J connectivity index is 2.82. The van der Waals surface area contributed by atoms with Crippen molar-refractivity contribution in [2.75, 3.05) is 7.11 Å². The van der Waals surface area contributed by atoms with Crippen LogP contribution in [0.3, 0.4) is 0 Å². The predicted octanol–water partition coefficient (Wildman–Crippen LogP) is 3.80. The molecule has 1 rings (SSSR count). The minimum Gasteiger partial charge on any atom is -0.496 e. The van der Waals surface area contributed by atoms with Crippen LogP contribution >= 0.6 is 15.9 Å². The smallest absolute Gasteiger partial charge is 0.122 e. The van der Waals surface area contributed by atoms with Gasteiger partial charge in [0.25, 0.3) is 0 Å². The number of aliphatic hydroxyl groups is 1. The molecule has 0 aliphatic rings. The molecule has 0 aliphatic heterocycles. The second-order valence-corrected chi connectivity index (χ2v) is 5.22. The van der Waals surface area contributed by atoms with Gasteiger partial charge in [-0.05, 0) is 29.7 Å². The quantitative estimate of drug-likeness (QED) is 0.866. The fraction of sp³-hybridized carbons (Fsp3) is 0.571. The molecule has 0 spiro atoms. The average molecular weight is 301 g/mol. The van der Waals surface area contributed by atoms with E-state index in [0.29, 0.717) is 12.3 Å². The highest BCUT2D eigenvalue weighted by molar-refractivity contribution is 9.10. The van der Waals surface area contributed by atoms with E-state index in [4.69, 9.17) is 4.74 Å². The van der Waals surface area contributed by atoms with Gasteiger partial charge < -0.3 is 9.84 Å². The maximum atomic E-state index is 10.2. The van der Waals surface area contributed by atoms with Gasteiger partial charge in [0, 0.05) is 10.9 Å². The van der Waals surface area contributed by atoms with E-state index in [1.165, 1.54) is 0 Å². The van der Waals surface area contributed by atoms with E-state index < -0.39 is 0 Å². The fourth-order valence-electron chi connectivity index (χ4n) is 2.13. The summed E-state index contributed by atoms with van der Waals surface area (Å²) in [4.78, 5) is 0. The van der Waals surface area contributed by atoms with Gasteiger partial charge in [-0.25, -0.2) is 0 Å². The van der Waals surface area contributed by atoms with Crippen molar-refractivity contribution in [3.8, 4) is 5.75 Å². The molecule has 2 nitrogen and oxygen atoms in total. The van der Waals surface area contributed by atoms with Crippen molar-refractivity contribution in [1.29, 1.82) is 0 Å². The van der Waals surface area contributed by atoms with Crippen molar-refractivity contribution in [1.82, 2.24) is 0 Å². The zero-order valence-corrected chi connectivity index (χ0v) is 12.3. The van der Waals surface area contributed by atoms with Crippen LogP contribution in [0.2, 0.25) is 0 Å². The van der Waals surface area contributed by atoms with E-state index >= 15 is 0 Å². The van der Waals surface area contributed by atoms with E-state index in [2.05, 4.69) is 29.8 Å². The molecular weight excluding hydrogens is 280 g/mol. The van der Waals surface area contributed by atoms with E-state index in [1.807, 2.05) is 18.2 Å². The van der Waals surface area contributed by atoms with E-state index in [-0.39, 0.29) is 6.10 Å². The second-order valence-electron chi connectivity index (χ2n) is 4.30. The number of hydrogen-bond donors (Lipinski definition) is 1. The van der Waals surface area contributed by atoms with Gasteiger partial charge in [0.05, 0.1) is 13.2 Å².